The Morgan fingerprint density at radius 2 is 2.53 bits per heavy atom. The molecule has 1 aliphatic heterocycles. The smallest absolute Gasteiger partial charge is 0.0897 e. The summed E-state index contributed by atoms with van der Waals surface area (Å²) in [4.78, 5) is 4.45. The van der Waals surface area contributed by atoms with Gasteiger partial charge >= 0.3 is 0 Å². The minimum absolute atomic E-state index is 0.248. The quantitative estimate of drug-likeness (QED) is 0.849. The van der Waals surface area contributed by atoms with Crippen molar-refractivity contribution >= 4 is 11.3 Å². The summed E-state index contributed by atoms with van der Waals surface area (Å²) < 4.78 is 5.60. The third-order valence-electron chi connectivity index (χ3n) is 3.26. The van der Waals surface area contributed by atoms with Gasteiger partial charge in [0.05, 0.1) is 16.8 Å². The summed E-state index contributed by atoms with van der Waals surface area (Å²) in [7, 11) is 0. The van der Waals surface area contributed by atoms with Crippen molar-refractivity contribution in [3.8, 4) is 0 Å². The van der Waals surface area contributed by atoms with Gasteiger partial charge < -0.3 is 10.5 Å². The molecule has 4 heteroatoms. The molecular weight excluding hydrogens is 232 g/mol. The van der Waals surface area contributed by atoms with Crippen molar-refractivity contribution < 1.29 is 4.74 Å². The first-order valence-corrected chi connectivity index (χ1v) is 7.40. The number of thiazole rings is 1. The molecule has 2 rings (SSSR count). The van der Waals surface area contributed by atoms with Gasteiger partial charge in [0.2, 0.25) is 0 Å². The lowest BCUT2D eigenvalue weighted by molar-refractivity contribution is 0.101. The highest BCUT2D eigenvalue weighted by atomic mass is 32.1. The van der Waals surface area contributed by atoms with Crippen molar-refractivity contribution in [3.63, 3.8) is 0 Å². The molecule has 1 aliphatic rings. The zero-order valence-electron chi connectivity index (χ0n) is 10.5. The lowest BCUT2D eigenvalue weighted by Crippen LogP contribution is -2.23. The van der Waals surface area contributed by atoms with Crippen molar-refractivity contribution in [2.45, 2.75) is 57.6 Å². The fourth-order valence-corrected chi connectivity index (χ4v) is 2.98. The fraction of sp³-hybridized carbons (Fsp3) is 0.769. The molecule has 1 fully saturated rings. The van der Waals surface area contributed by atoms with E-state index in [1.165, 1.54) is 25.7 Å². The van der Waals surface area contributed by atoms with Gasteiger partial charge in [-0.15, -0.1) is 11.3 Å². The van der Waals surface area contributed by atoms with Crippen LogP contribution in [0.3, 0.4) is 0 Å². The number of ether oxygens (including phenoxy) is 1. The number of aromatic nitrogens is 1. The van der Waals surface area contributed by atoms with E-state index in [-0.39, 0.29) is 6.04 Å². The van der Waals surface area contributed by atoms with Gasteiger partial charge in [-0.1, -0.05) is 0 Å². The van der Waals surface area contributed by atoms with Gasteiger partial charge in [0.1, 0.15) is 0 Å². The Morgan fingerprint density at radius 1 is 1.65 bits per heavy atom. The molecule has 0 aliphatic carbocycles. The van der Waals surface area contributed by atoms with Crippen LogP contribution >= 0.6 is 11.3 Å². The van der Waals surface area contributed by atoms with Crippen LogP contribution in [0.25, 0.3) is 0 Å². The van der Waals surface area contributed by atoms with Crippen molar-refractivity contribution in [2.75, 3.05) is 6.61 Å². The molecule has 96 valence electrons. The average molecular weight is 254 g/mol. The Kier molecular flexibility index (Phi) is 4.95. The average Bonchev–Trinajstić information content (AvgIpc) is 2.90. The predicted octanol–water partition coefficient (Wildman–Crippen LogP) is 2.67. The molecule has 1 saturated heterocycles. The number of aryl methyl sites for hydroxylation is 1. The highest BCUT2D eigenvalue weighted by molar-refractivity contribution is 7.09. The Bertz CT molecular complexity index is 334. The Morgan fingerprint density at radius 3 is 3.18 bits per heavy atom. The maximum Gasteiger partial charge on any atom is 0.0897 e. The maximum atomic E-state index is 6.12. The van der Waals surface area contributed by atoms with Gasteiger partial charge in [0.15, 0.2) is 0 Å². The summed E-state index contributed by atoms with van der Waals surface area (Å²) in [6.07, 6.45) is 7.31. The van der Waals surface area contributed by atoms with Crippen LogP contribution in [0.15, 0.2) is 5.38 Å². The molecule has 2 atom stereocenters. The third-order valence-corrected chi connectivity index (χ3v) is 4.09. The van der Waals surface area contributed by atoms with Crippen molar-refractivity contribution in [3.05, 3.63) is 16.1 Å². The van der Waals surface area contributed by atoms with E-state index in [2.05, 4.69) is 10.4 Å². The number of nitrogens with zero attached hydrogens (tertiary/aromatic N) is 1. The zero-order valence-corrected chi connectivity index (χ0v) is 11.3. The molecule has 0 aromatic carbocycles. The maximum absolute atomic E-state index is 6.12. The molecular formula is C13H22N2OS. The molecule has 0 amide bonds. The molecule has 0 radical (unpaired) electrons. The van der Waals surface area contributed by atoms with E-state index in [9.17, 15) is 0 Å². The molecule has 17 heavy (non-hydrogen) atoms. The van der Waals surface area contributed by atoms with Crippen LogP contribution in [0.4, 0.5) is 0 Å². The molecule has 1 aromatic rings. The van der Waals surface area contributed by atoms with E-state index in [0.717, 1.165) is 30.2 Å². The molecule has 2 heterocycles. The molecule has 2 N–H and O–H groups in total. The molecule has 0 spiro atoms. The van der Waals surface area contributed by atoms with Crippen LogP contribution in [0.5, 0.6) is 0 Å². The summed E-state index contributed by atoms with van der Waals surface area (Å²) >= 11 is 1.70. The molecule has 3 nitrogen and oxygen atoms in total. The largest absolute Gasteiger partial charge is 0.378 e. The number of hydrogen-bond donors (Lipinski definition) is 1. The lowest BCUT2D eigenvalue weighted by atomic mass is 10.0. The topological polar surface area (TPSA) is 48.1 Å². The van der Waals surface area contributed by atoms with Gasteiger partial charge in [0, 0.05) is 24.4 Å². The van der Waals surface area contributed by atoms with Gasteiger partial charge in [-0.25, -0.2) is 4.98 Å². The zero-order chi connectivity index (χ0) is 12.1. The van der Waals surface area contributed by atoms with Gasteiger partial charge in [0.25, 0.3) is 0 Å². The second-order valence-corrected chi connectivity index (χ2v) is 5.95. The summed E-state index contributed by atoms with van der Waals surface area (Å²) in [5, 5.41) is 3.25. The van der Waals surface area contributed by atoms with Gasteiger partial charge in [-0.2, -0.15) is 0 Å². The standard InChI is InChI=1S/C13H22N2OS/c1-10-15-12(9-17-10)8-11(14)4-2-5-13-6-3-7-16-13/h9,11,13H,2-8,14H2,1H3. The first-order chi connectivity index (χ1) is 8.24. The first-order valence-electron chi connectivity index (χ1n) is 6.52. The summed E-state index contributed by atoms with van der Waals surface area (Å²) in [6.45, 7) is 2.99. The second-order valence-electron chi connectivity index (χ2n) is 4.89. The Labute approximate surface area is 107 Å². The highest BCUT2D eigenvalue weighted by Gasteiger charge is 2.15. The van der Waals surface area contributed by atoms with Crippen LogP contribution < -0.4 is 5.73 Å². The fourth-order valence-electron chi connectivity index (χ4n) is 2.35. The van der Waals surface area contributed by atoms with Crippen molar-refractivity contribution in [2.24, 2.45) is 5.73 Å². The predicted molar refractivity (Wildman–Crippen MR) is 71.4 cm³/mol. The Balaban J connectivity index is 1.61. The summed E-state index contributed by atoms with van der Waals surface area (Å²) in [5.74, 6) is 0. The molecule has 1 aromatic heterocycles. The Hall–Kier alpha value is -0.450. The lowest BCUT2D eigenvalue weighted by Gasteiger charge is -2.12. The number of rotatable bonds is 6. The highest BCUT2D eigenvalue weighted by Crippen LogP contribution is 2.18. The molecule has 0 bridgehead atoms. The van der Waals surface area contributed by atoms with E-state index >= 15 is 0 Å². The van der Waals surface area contributed by atoms with Crippen LogP contribution in [0.1, 0.15) is 42.8 Å². The van der Waals surface area contributed by atoms with Crippen LogP contribution in [0.2, 0.25) is 0 Å². The molecule has 0 saturated carbocycles. The van der Waals surface area contributed by atoms with E-state index in [1.54, 1.807) is 11.3 Å². The normalized spacial score (nSPS) is 21.9. The summed E-state index contributed by atoms with van der Waals surface area (Å²) in [6, 6.07) is 0.248. The molecule has 2 unspecified atom stereocenters. The first kappa shape index (κ1) is 13.0. The van der Waals surface area contributed by atoms with Crippen LogP contribution in [-0.2, 0) is 11.2 Å². The van der Waals surface area contributed by atoms with Crippen molar-refractivity contribution in [1.82, 2.24) is 4.98 Å². The SMILES string of the molecule is Cc1nc(CC(N)CCCC2CCCO2)cs1. The second kappa shape index (κ2) is 6.47. The van der Waals surface area contributed by atoms with E-state index in [0.29, 0.717) is 6.10 Å². The van der Waals surface area contributed by atoms with Gasteiger partial charge in [-0.05, 0) is 39.0 Å². The number of nitrogens with two attached hydrogens (primary N) is 1. The minimum Gasteiger partial charge on any atom is -0.378 e. The van der Waals surface area contributed by atoms with E-state index < -0.39 is 0 Å². The van der Waals surface area contributed by atoms with Gasteiger partial charge in [-0.3, -0.25) is 0 Å². The third kappa shape index (κ3) is 4.37. The monoisotopic (exact) mass is 254 g/mol. The van der Waals surface area contributed by atoms with Crippen LogP contribution in [-0.4, -0.2) is 23.7 Å². The van der Waals surface area contributed by atoms with E-state index in [4.69, 9.17) is 10.5 Å². The van der Waals surface area contributed by atoms with Crippen LogP contribution in [0, 0.1) is 6.92 Å². The van der Waals surface area contributed by atoms with Crippen molar-refractivity contribution in [1.29, 1.82) is 0 Å². The summed E-state index contributed by atoms with van der Waals surface area (Å²) in [5.41, 5.74) is 7.27. The minimum atomic E-state index is 0.248. The number of hydrogen-bond acceptors (Lipinski definition) is 4. The van der Waals surface area contributed by atoms with E-state index in [1.807, 2.05) is 6.92 Å².